The molecule has 4 rings (SSSR count). The predicted octanol–water partition coefficient (Wildman–Crippen LogP) is 6.82. The van der Waals surface area contributed by atoms with E-state index in [4.69, 9.17) is 11.6 Å². The maximum absolute atomic E-state index is 14.3. The van der Waals surface area contributed by atoms with Gasteiger partial charge in [-0.3, -0.25) is 0 Å². The van der Waals surface area contributed by atoms with Crippen molar-refractivity contribution in [3.05, 3.63) is 82.5 Å². The number of nitriles is 1. The summed E-state index contributed by atoms with van der Waals surface area (Å²) in [4.78, 5) is 11.3. The molecule has 0 amide bonds. The zero-order valence-electron chi connectivity index (χ0n) is 18.2. The van der Waals surface area contributed by atoms with Crippen LogP contribution in [0.25, 0.3) is 27.7 Å². The summed E-state index contributed by atoms with van der Waals surface area (Å²) < 4.78 is 29.7. The van der Waals surface area contributed by atoms with Crippen molar-refractivity contribution in [2.45, 2.75) is 25.7 Å². The summed E-state index contributed by atoms with van der Waals surface area (Å²) in [6.45, 7) is 3.66. The van der Waals surface area contributed by atoms with E-state index in [1.54, 1.807) is 22.8 Å². The molecule has 0 unspecified atom stereocenters. The number of rotatable bonds is 5. The molecule has 0 aliphatic rings. The highest BCUT2D eigenvalue weighted by atomic mass is 35.5. The smallest absolute Gasteiger partial charge is 0.335 e. The van der Waals surface area contributed by atoms with Crippen LogP contribution in [-0.2, 0) is 5.41 Å². The Morgan fingerprint density at radius 1 is 1.09 bits per heavy atom. The number of carboxylic acid groups (broad SMARTS) is 1. The van der Waals surface area contributed by atoms with E-state index < -0.39 is 23.0 Å². The molecule has 3 aromatic carbocycles. The quantitative estimate of drug-likeness (QED) is 0.328. The number of phenols is 1. The summed E-state index contributed by atoms with van der Waals surface area (Å²) in [5.41, 5.74) is 1.48. The molecular weight excluding hydrogens is 462 g/mol. The van der Waals surface area contributed by atoms with Crippen molar-refractivity contribution in [2.75, 3.05) is 0 Å². The average Bonchev–Trinajstić information content (AvgIpc) is 3.12. The predicted molar refractivity (Wildman–Crippen MR) is 126 cm³/mol. The first kappa shape index (κ1) is 23.3. The molecule has 1 heterocycles. The second-order valence-electron chi connectivity index (χ2n) is 8.58. The Morgan fingerprint density at radius 2 is 1.76 bits per heavy atom. The summed E-state index contributed by atoms with van der Waals surface area (Å²) >= 11 is 6.26. The van der Waals surface area contributed by atoms with Gasteiger partial charge in [0.1, 0.15) is 5.75 Å². The molecule has 4 aromatic rings. The van der Waals surface area contributed by atoms with Gasteiger partial charge in [-0.1, -0.05) is 31.5 Å². The minimum absolute atomic E-state index is 0.0711. The van der Waals surface area contributed by atoms with Gasteiger partial charge >= 0.3 is 5.97 Å². The molecule has 0 aliphatic heterocycles. The topological polar surface area (TPSA) is 86.2 Å². The lowest BCUT2D eigenvalue weighted by atomic mass is 9.82. The van der Waals surface area contributed by atoms with E-state index in [-0.39, 0.29) is 22.8 Å². The zero-order valence-corrected chi connectivity index (χ0v) is 19.0. The van der Waals surface area contributed by atoms with Gasteiger partial charge in [-0.15, -0.1) is 0 Å². The zero-order chi connectivity index (χ0) is 24.8. The van der Waals surface area contributed by atoms with Crippen molar-refractivity contribution in [3.63, 3.8) is 0 Å². The normalized spacial score (nSPS) is 11.5. The van der Waals surface area contributed by atoms with E-state index in [1.165, 1.54) is 24.3 Å². The van der Waals surface area contributed by atoms with Crippen LogP contribution >= 0.6 is 11.6 Å². The fraction of sp³-hybridized carbons (Fsp3) is 0.154. The third kappa shape index (κ3) is 3.87. The first-order chi connectivity index (χ1) is 16.0. The highest BCUT2D eigenvalue weighted by molar-refractivity contribution is 6.32. The number of fused-ring (bicyclic) bond motifs is 1. The molecule has 2 N–H and O–H groups in total. The van der Waals surface area contributed by atoms with Gasteiger partial charge in [-0.2, -0.15) is 5.26 Å². The number of phenolic OH excluding ortho intramolecular Hbond substituents is 1. The number of halogens is 3. The molecule has 0 saturated heterocycles. The summed E-state index contributed by atoms with van der Waals surface area (Å²) in [6, 6.07) is 14.7. The van der Waals surface area contributed by atoms with E-state index in [1.807, 2.05) is 13.8 Å². The van der Waals surface area contributed by atoms with Gasteiger partial charge in [-0.25, -0.2) is 13.6 Å². The first-order valence-corrected chi connectivity index (χ1v) is 10.7. The van der Waals surface area contributed by atoms with E-state index in [0.29, 0.717) is 33.4 Å². The largest absolute Gasteiger partial charge is 0.506 e. The van der Waals surface area contributed by atoms with Crippen molar-refractivity contribution in [1.82, 2.24) is 4.57 Å². The van der Waals surface area contributed by atoms with Gasteiger partial charge in [0.2, 0.25) is 0 Å². The first-order valence-electron chi connectivity index (χ1n) is 10.3. The highest BCUT2D eigenvalue weighted by Crippen LogP contribution is 2.47. The van der Waals surface area contributed by atoms with Crippen molar-refractivity contribution < 1.29 is 23.8 Å². The fourth-order valence-corrected chi connectivity index (χ4v) is 4.45. The molecule has 172 valence electrons. The Labute approximate surface area is 199 Å². The van der Waals surface area contributed by atoms with Crippen LogP contribution in [0.4, 0.5) is 8.78 Å². The molecule has 0 radical (unpaired) electrons. The van der Waals surface area contributed by atoms with Gasteiger partial charge in [-0.05, 0) is 48.0 Å². The van der Waals surface area contributed by atoms with Crippen LogP contribution in [0, 0.1) is 23.0 Å². The number of carboxylic acids is 1. The Morgan fingerprint density at radius 3 is 2.35 bits per heavy atom. The molecule has 0 saturated carbocycles. The van der Waals surface area contributed by atoms with E-state index in [9.17, 15) is 29.1 Å². The Bertz CT molecular complexity index is 1490. The SMILES string of the molecule is CC(C)(CC#N)c1c(-c2ccc(F)c(F)c2)c2cc(Cl)cc(O)c2n1-c1ccc(C(=O)O)cc1. The van der Waals surface area contributed by atoms with Crippen LogP contribution < -0.4 is 0 Å². The number of aromatic nitrogens is 1. The van der Waals surface area contributed by atoms with Crippen LogP contribution in [0.15, 0.2) is 54.6 Å². The van der Waals surface area contributed by atoms with E-state index in [2.05, 4.69) is 6.07 Å². The molecule has 8 heteroatoms. The van der Waals surface area contributed by atoms with Crippen molar-refractivity contribution in [1.29, 1.82) is 5.26 Å². The Kier molecular flexibility index (Phi) is 5.80. The number of aromatic carboxylic acids is 1. The van der Waals surface area contributed by atoms with Gasteiger partial charge in [0, 0.05) is 45.3 Å². The van der Waals surface area contributed by atoms with Crippen molar-refractivity contribution in [3.8, 4) is 28.6 Å². The minimum Gasteiger partial charge on any atom is -0.506 e. The second-order valence-corrected chi connectivity index (χ2v) is 9.02. The lowest BCUT2D eigenvalue weighted by Crippen LogP contribution is -2.22. The number of aromatic hydroxyl groups is 1. The number of nitrogens with zero attached hydrogens (tertiary/aromatic N) is 2. The third-order valence-electron chi connectivity index (χ3n) is 5.75. The molecule has 1 aromatic heterocycles. The Balaban J connectivity index is 2.21. The molecule has 0 spiro atoms. The number of hydrogen-bond donors (Lipinski definition) is 2. The van der Waals surface area contributed by atoms with Gasteiger partial charge in [0.05, 0.1) is 17.1 Å². The van der Waals surface area contributed by atoms with Crippen molar-refractivity contribution >= 4 is 28.5 Å². The number of carbonyl (C=O) groups is 1. The lowest BCUT2D eigenvalue weighted by molar-refractivity contribution is 0.0697. The standard InChI is InChI=1S/C26H19ClF2N2O3/c1-26(2,9-10-30)24-22(15-5-8-19(28)20(29)11-15)18-12-16(27)13-21(32)23(18)31(24)17-6-3-14(4-7-17)25(33)34/h3-8,11-13,32H,9H2,1-2H3,(H,33,34). The van der Waals surface area contributed by atoms with E-state index in [0.717, 1.165) is 12.1 Å². The fourth-order valence-electron chi connectivity index (χ4n) is 4.24. The molecule has 0 bridgehead atoms. The van der Waals surface area contributed by atoms with Crippen LogP contribution in [0.1, 0.15) is 36.3 Å². The van der Waals surface area contributed by atoms with Crippen LogP contribution in [0.2, 0.25) is 5.02 Å². The lowest BCUT2D eigenvalue weighted by Gasteiger charge is -2.26. The minimum atomic E-state index is -1.09. The van der Waals surface area contributed by atoms with Crippen LogP contribution in [0.5, 0.6) is 5.75 Å². The van der Waals surface area contributed by atoms with Gasteiger partial charge in [0.25, 0.3) is 0 Å². The molecule has 34 heavy (non-hydrogen) atoms. The number of hydrogen-bond acceptors (Lipinski definition) is 3. The third-order valence-corrected chi connectivity index (χ3v) is 5.97. The average molecular weight is 481 g/mol. The monoisotopic (exact) mass is 480 g/mol. The van der Waals surface area contributed by atoms with E-state index >= 15 is 0 Å². The van der Waals surface area contributed by atoms with Crippen molar-refractivity contribution in [2.24, 2.45) is 0 Å². The van der Waals surface area contributed by atoms with Crippen LogP contribution in [-0.4, -0.2) is 20.7 Å². The summed E-state index contributed by atoms with van der Waals surface area (Å²) in [7, 11) is 0. The number of benzene rings is 3. The molecule has 5 nitrogen and oxygen atoms in total. The van der Waals surface area contributed by atoms with Gasteiger partial charge < -0.3 is 14.8 Å². The second kappa shape index (κ2) is 8.47. The Hall–Kier alpha value is -3.89. The molecule has 0 atom stereocenters. The highest BCUT2D eigenvalue weighted by Gasteiger charge is 2.33. The summed E-state index contributed by atoms with van der Waals surface area (Å²) in [6.07, 6.45) is 0.0711. The van der Waals surface area contributed by atoms with Crippen LogP contribution in [0.3, 0.4) is 0 Å². The maximum atomic E-state index is 14.3. The summed E-state index contributed by atoms with van der Waals surface area (Å²) in [5.74, 6) is -3.30. The maximum Gasteiger partial charge on any atom is 0.335 e. The summed E-state index contributed by atoms with van der Waals surface area (Å²) in [5, 5.41) is 30.4. The molecular formula is C26H19ClF2N2O3. The van der Waals surface area contributed by atoms with Gasteiger partial charge in [0.15, 0.2) is 11.6 Å². The molecule has 0 fully saturated rings. The molecule has 0 aliphatic carbocycles.